The number of hydrogen-bond donors (Lipinski definition) is 5. The quantitative estimate of drug-likeness (QED) is 0.204. The molecule has 1 aliphatic carbocycles. The Kier molecular flexibility index (Phi) is 6.60. The van der Waals surface area contributed by atoms with Gasteiger partial charge in [0.05, 0.1) is 36.1 Å². The van der Waals surface area contributed by atoms with E-state index in [9.17, 15) is 38.8 Å². The number of nitrogens with one attached hydrogen (secondary N) is 2. The highest BCUT2D eigenvalue weighted by Gasteiger charge is 2.83. The van der Waals surface area contributed by atoms with Crippen LogP contribution in [0, 0.1) is 10.8 Å². The fourth-order valence-corrected chi connectivity index (χ4v) is 8.24. The summed E-state index contributed by atoms with van der Waals surface area (Å²) in [7, 11) is -2.48. The third-order valence-corrected chi connectivity index (χ3v) is 10.5. The lowest BCUT2D eigenvalue weighted by Crippen LogP contribution is -2.93. The van der Waals surface area contributed by atoms with E-state index in [0.29, 0.717) is 0 Å². The molecule has 4 bridgehead atoms. The first-order chi connectivity index (χ1) is 19.3. The van der Waals surface area contributed by atoms with Gasteiger partial charge in [0, 0.05) is 14.2 Å². The smallest absolute Gasteiger partial charge is 0.394 e. The van der Waals surface area contributed by atoms with E-state index in [-0.39, 0.29) is 0 Å². The monoisotopic (exact) mass is 606 g/mol. The number of methoxy groups -OCH3 is 2. The van der Waals surface area contributed by atoms with Gasteiger partial charge in [0.25, 0.3) is 0 Å². The Morgan fingerprint density at radius 2 is 1.46 bits per heavy atom. The summed E-state index contributed by atoms with van der Waals surface area (Å²) < 4.78 is 46.3. The maximum absolute atomic E-state index is 13.5. The molecule has 228 valence electrons. The second kappa shape index (κ2) is 9.37. The van der Waals surface area contributed by atoms with Gasteiger partial charge >= 0.3 is 19.9 Å². The van der Waals surface area contributed by atoms with Gasteiger partial charge in [-0.25, -0.2) is 14.2 Å². The van der Waals surface area contributed by atoms with E-state index in [4.69, 9.17) is 28.0 Å². The number of fused-ring (bicyclic) bond motifs is 7. The number of carbonyl (C=O) groups excluding carboxylic acids is 4. The minimum Gasteiger partial charge on any atom is -0.394 e. The molecule has 5 N–H and O–H groups in total. The number of aliphatic hydroxyl groups is 2. The average molecular weight is 606 g/mol. The molecule has 0 aromatic carbocycles. The average Bonchev–Trinajstić information content (AvgIpc) is 3.41. The third-order valence-electron chi connectivity index (χ3n) is 9.54. The van der Waals surface area contributed by atoms with E-state index in [1.165, 1.54) is 28.1 Å². The molecule has 6 aliphatic rings. The summed E-state index contributed by atoms with van der Waals surface area (Å²) in [5.41, 5.74) is -3.27. The lowest BCUT2D eigenvalue weighted by atomic mass is 9.42. The molecule has 5 aliphatic heterocycles. The van der Waals surface area contributed by atoms with Gasteiger partial charge in [-0.3, -0.25) is 39.1 Å². The second-order valence-corrected chi connectivity index (χ2v) is 12.6. The van der Waals surface area contributed by atoms with Gasteiger partial charge in [0.15, 0.2) is 12.5 Å². The van der Waals surface area contributed by atoms with Gasteiger partial charge in [-0.15, -0.1) is 0 Å². The number of aliphatic hydroxyl groups excluding tert-OH is 2. The molecule has 0 aromatic rings. The molecule has 0 aromatic heterocycles. The fraction of sp³-hybridized carbons (Fsp3) is 0.818. The number of ether oxygens (including phenoxy) is 4. The number of carbonyl (C=O) groups is 4. The van der Waals surface area contributed by atoms with Crippen molar-refractivity contribution >= 4 is 31.7 Å². The van der Waals surface area contributed by atoms with Gasteiger partial charge in [0.2, 0.25) is 11.8 Å². The molecular weight excluding hydrogens is 575 g/mol. The predicted octanol–water partition coefficient (Wildman–Crippen LogP) is -2.80. The molecule has 41 heavy (non-hydrogen) atoms. The lowest BCUT2D eigenvalue weighted by Gasteiger charge is -2.72. The molecule has 6 rings (SSSR count). The van der Waals surface area contributed by atoms with E-state index in [1.54, 1.807) is 0 Å². The van der Waals surface area contributed by atoms with E-state index < -0.39 is 117 Å². The van der Waals surface area contributed by atoms with Gasteiger partial charge in [-0.05, 0) is 13.8 Å². The van der Waals surface area contributed by atoms with Crippen LogP contribution in [-0.4, -0.2) is 137 Å². The van der Waals surface area contributed by atoms with E-state index in [2.05, 4.69) is 10.6 Å². The van der Waals surface area contributed by atoms with Crippen LogP contribution in [0.3, 0.4) is 0 Å². The van der Waals surface area contributed by atoms with Crippen molar-refractivity contribution in [3.05, 3.63) is 0 Å². The molecule has 1 unspecified atom stereocenters. The SMILES string of the molecule is CO[C@@H]1[C@@H]2OP(=O)(O)OC[C@H]3O[C@H]([C@H](OC)[C@@H]3O)N3C(=O)NC(=O)[C@]4(C)[C@H]3[C@@H]3N(C(=O)NC(=O)[C@@]34C)[C@@H]1O[C@@H]2CO. The fourth-order valence-electron chi connectivity index (χ4n) is 7.28. The largest absolute Gasteiger partial charge is 0.472 e. The third kappa shape index (κ3) is 3.60. The first-order valence-corrected chi connectivity index (χ1v) is 14.3. The van der Waals surface area contributed by atoms with E-state index in [0.717, 1.165) is 9.80 Å². The molecule has 13 atom stereocenters. The maximum atomic E-state index is 13.5. The van der Waals surface area contributed by atoms with Crippen LogP contribution in [0.2, 0.25) is 0 Å². The minimum absolute atomic E-state index is 0.686. The van der Waals surface area contributed by atoms with Crippen molar-refractivity contribution in [2.24, 2.45) is 10.8 Å². The number of phosphoric acid groups is 1. The van der Waals surface area contributed by atoms with Gasteiger partial charge in [-0.2, -0.15) is 0 Å². The van der Waals surface area contributed by atoms with Crippen LogP contribution >= 0.6 is 7.82 Å². The standard InChI is InChI=1S/C22H31N4O14P/c1-21-13-14-22(21,2)18(30)24-20(32)26(14)16-12(36-4)10(7(5-27)38-16)40-41(33,34)37-6-8-9(28)11(35-3)15(39-8)25(13)19(31)23-17(21)29/h7-16,27-28H,5-6H2,1-4H3,(H,33,34)(H,23,29,31)(H,24,30,32)/t7-,8-,9-,10-,11-,12-,13-,14+,15-,16-,21+,22-/m1/s1. The summed E-state index contributed by atoms with van der Waals surface area (Å²) in [6, 6.07) is -4.35. The summed E-state index contributed by atoms with van der Waals surface area (Å²) >= 11 is 0. The molecule has 5 heterocycles. The molecular formula is C22H31N4O14P. The molecule has 6 fully saturated rings. The second-order valence-electron chi connectivity index (χ2n) is 11.2. The molecule has 18 nitrogen and oxygen atoms in total. The number of amides is 6. The Bertz CT molecular complexity index is 1240. The Labute approximate surface area is 232 Å². The number of phosphoric ester groups is 1. The molecule has 0 radical (unpaired) electrons. The van der Waals surface area contributed by atoms with Crippen molar-refractivity contribution in [1.29, 1.82) is 0 Å². The topological polar surface area (TPSA) is 232 Å². The van der Waals surface area contributed by atoms with Crippen molar-refractivity contribution in [3.63, 3.8) is 0 Å². The summed E-state index contributed by atoms with van der Waals surface area (Å²) in [6.07, 6.45) is -10.9. The molecule has 6 amide bonds. The summed E-state index contributed by atoms with van der Waals surface area (Å²) in [5, 5.41) is 25.5. The Hall–Kier alpha value is -2.25. The predicted molar refractivity (Wildman–Crippen MR) is 127 cm³/mol. The van der Waals surface area contributed by atoms with Crippen LogP contribution in [0.1, 0.15) is 13.8 Å². The first-order valence-electron chi connectivity index (χ1n) is 12.9. The van der Waals surface area contributed by atoms with Crippen molar-refractivity contribution in [1.82, 2.24) is 20.4 Å². The maximum Gasteiger partial charge on any atom is 0.472 e. The van der Waals surface area contributed by atoms with Crippen molar-refractivity contribution in [2.45, 2.75) is 75.0 Å². The van der Waals surface area contributed by atoms with Crippen molar-refractivity contribution < 1.29 is 66.8 Å². The van der Waals surface area contributed by atoms with Crippen LogP contribution in [0.5, 0.6) is 0 Å². The molecule has 0 spiro atoms. The Morgan fingerprint density at radius 3 is 1.95 bits per heavy atom. The number of nitrogens with zero attached hydrogens (tertiary/aromatic N) is 2. The van der Waals surface area contributed by atoms with Crippen LogP contribution in [0.15, 0.2) is 0 Å². The van der Waals surface area contributed by atoms with Crippen molar-refractivity contribution in [3.8, 4) is 0 Å². The van der Waals surface area contributed by atoms with Crippen LogP contribution in [-0.2, 0) is 42.1 Å². The van der Waals surface area contributed by atoms with Gasteiger partial charge in [-0.1, -0.05) is 0 Å². The molecule has 5 saturated heterocycles. The zero-order chi connectivity index (χ0) is 29.8. The number of urea groups is 2. The lowest BCUT2D eigenvalue weighted by molar-refractivity contribution is -0.251. The van der Waals surface area contributed by atoms with E-state index >= 15 is 0 Å². The highest BCUT2D eigenvalue weighted by atomic mass is 31.2. The number of hydrogen-bond acceptors (Lipinski definition) is 13. The van der Waals surface area contributed by atoms with Crippen LogP contribution in [0.25, 0.3) is 0 Å². The van der Waals surface area contributed by atoms with Gasteiger partial charge in [0.1, 0.15) is 36.6 Å². The van der Waals surface area contributed by atoms with Crippen molar-refractivity contribution in [2.75, 3.05) is 27.4 Å². The Balaban J connectivity index is 1.55. The minimum atomic E-state index is -4.94. The highest BCUT2D eigenvalue weighted by Crippen LogP contribution is 2.64. The number of rotatable bonds is 3. The van der Waals surface area contributed by atoms with Crippen LogP contribution in [0.4, 0.5) is 9.59 Å². The molecule has 19 heteroatoms. The number of imide groups is 2. The molecule has 1 saturated carbocycles. The summed E-state index contributed by atoms with van der Waals surface area (Å²) in [5.74, 6) is -1.56. The summed E-state index contributed by atoms with van der Waals surface area (Å²) in [4.78, 5) is 66.6. The zero-order valence-electron chi connectivity index (χ0n) is 22.4. The van der Waals surface area contributed by atoms with E-state index in [1.807, 2.05) is 0 Å². The zero-order valence-corrected chi connectivity index (χ0v) is 23.3. The van der Waals surface area contributed by atoms with Gasteiger partial charge < -0.3 is 34.1 Å². The highest BCUT2D eigenvalue weighted by molar-refractivity contribution is 7.47. The first kappa shape index (κ1) is 28.9. The normalized spacial score (nSPS) is 51.0. The summed E-state index contributed by atoms with van der Waals surface area (Å²) in [6.45, 7) is 1.52. The van der Waals surface area contributed by atoms with Crippen LogP contribution < -0.4 is 10.6 Å². The Morgan fingerprint density at radius 1 is 0.951 bits per heavy atom.